The Balaban J connectivity index is 1.54. The molecule has 7 nitrogen and oxygen atoms in total. The molecule has 0 aliphatic carbocycles. The van der Waals surface area contributed by atoms with E-state index >= 15 is 0 Å². The third kappa shape index (κ3) is 4.66. The van der Waals surface area contributed by atoms with Crippen molar-refractivity contribution < 1.29 is 22.1 Å². The van der Waals surface area contributed by atoms with Gasteiger partial charge >= 0.3 is 0 Å². The van der Waals surface area contributed by atoms with Crippen LogP contribution in [0.15, 0.2) is 64.0 Å². The molecular formula is C21H18FN3O4S2. The molecule has 1 N–H and O–H groups in total. The molecule has 0 spiro atoms. The summed E-state index contributed by atoms with van der Waals surface area (Å²) >= 11 is 1.24. The van der Waals surface area contributed by atoms with E-state index in [9.17, 15) is 12.8 Å². The molecule has 0 unspecified atom stereocenters. The molecule has 2 aromatic heterocycles. The number of methoxy groups -OCH3 is 1. The van der Waals surface area contributed by atoms with E-state index in [0.717, 1.165) is 5.56 Å². The first-order valence-electron chi connectivity index (χ1n) is 9.19. The Hall–Kier alpha value is -3.08. The second-order valence-electron chi connectivity index (χ2n) is 6.64. The highest BCUT2D eigenvalue weighted by molar-refractivity contribution is 7.89. The summed E-state index contributed by atoms with van der Waals surface area (Å²) in [6.45, 7) is 1.84. The predicted octanol–water partition coefficient (Wildman–Crippen LogP) is 4.40. The van der Waals surface area contributed by atoms with Gasteiger partial charge in [-0.1, -0.05) is 17.3 Å². The summed E-state index contributed by atoms with van der Waals surface area (Å²) in [6.07, 6.45) is 0. The van der Waals surface area contributed by atoms with Gasteiger partial charge in [-0.2, -0.15) is 4.98 Å². The van der Waals surface area contributed by atoms with E-state index in [4.69, 9.17) is 9.26 Å². The lowest BCUT2D eigenvalue weighted by molar-refractivity contribution is 0.414. The summed E-state index contributed by atoms with van der Waals surface area (Å²) < 4.78 is 51.9. The maximum absolute atomic E-state index is 13.1. The molecule has 0 amide bonds. The number of halogens is 1. The molecule has 0 fully saturated rings. The molecular weight excluding hydrogens is 441 g/mol. The molecule has 0 aliphatic heterocycles. The second-order valence-corrected chi connectivity index (χ2v) is 9.63. The van der Waals surface area contributed by atoms with Gasteiger partial charge in [-0.05, 0) is 55.0 Å². The van der Waals surface area contributed by atoms with E-state index in [-0.39, 0.29) is 23.1 Å². The van der Waals surface area contributed by atoms with Crippen molar-refractivity contribution in [1.29, 1.82) is 0 Å². The van der Waals surface area contributed by atoms with Crippen molar-refractivity contribution in [3.8, 4) is 27.9 Å². The van der Waals surface area contributed by atoms with Crippen LogP contribution >= 0.6 is 11.3 Å². The van der Waals surface area contributed by atoms with Crippen LogP contribution in [0.4, 0.5) is 4.39 Å². The molecule has 0 radical (unpaired) electrons. The highest BCUT2D eigenvalue weighted by Gasteiger charge is 2.23. The zero-order valence-corrected chi connectivity index (χ0v) is 18.3. The first-order valence-corrected chi connectivity index (χ1v) is 11.5. The van der Waals surface area contributed by atoms with Crippen molar-refractivity contribution in [1.82, 2.24) is 14.9 Å². The van der Waals surface area contributed by atoms with Crippen LogP contribution in [0.1, 0.15) is 10.4 Å². The maximum atomic E-state index is 13.1. The van der Waals surface area contributed by atoms with Gasteiger partial charge in [0.1, 0.15) is 11.6 Å². The smallest absolute Gasteiger partial charge is 0.268 e. The van der Waals surface area contributed by atoms with Crippen LogP contribution in [0.3, 0.4) is 0 Å². The van der Waals surface area contributed by atoms with Crippen molar-refractivity contribution in [3.05, 3.63) is 70.9 Å². The fourth-order valence-corrected chi connectivity index (χ4v) is 5.44. The minimum atomic E-state index is -3.76. The van der Waals surface area contributed by atoms with Crippen LogP contribution in [-0.4, -0.2) is 25.7 Å². The standard InChI is InChI=1S/C21H18FN3O4S2/c1-13-19(31(26,27)23-12-14-4-3-5-17(10-14)28-2)11-18(30-13)21-24-20(25-29-21)15-6-8-16(22)9-7-15/h3-11,23H,12H2,1-2H3. The van der Waals surface area contributed by atoms with E-state index in [2.05, 4.69) is 14.9 Å². The number of hydrogen-bond donors (Lipinski definition) is 1. The molecule has 4 rings (SSSR count). The van der Waals surface area contributed by atoms with Crippen LogP contribution in [0.2, 0.25) is 0 Å². The monoisotopic (exact) mass is 459 g/mol. The predicted molar refractivity (Wildman–Crippen MR) is 115 cm³/mol. The Morgan fingerprint density at radius 2 is 1.94 bits per heavy atom. The van der Waals surface area contributed by atoms with Gasteiger partial charge in [0.15, 0.2) is 0 Å². The van der Waals surface area contributed by atoms with Crippen molar-refractivity contribution in [3.63, 3.8) is 0 Å². The average molecular weight is 460 g/mol. The Morgan fingerprint density at radius 1 is 1.16 bits per heavy atom. The maximum Gasteiger partial charge on any atom is 0.268 e. The SMILES string of the molecule is COc1cccc(CNS(=O)(=O)c2cc(-c3nc(-c4ccc(F)cc4)no3)sc2C)c1. The molecule has 0 atom stereocenters. The number of hydrogen-bond acceptors (Lipinski definition) is 7. The van der Waals surface area contributed by atoms with Gasteiger partial charge in [0.25, 0.3) is 5.89 Å². The number of nitrogens with zero attached hydrogens (tertiary/aromatic N) is 2. The first-order chi connectivity index (χ1) is 14.9. The molecule has 10 heteroatoms. The molecule has 160 valence electrons. The molecule has 0 saturated heterocycles. The highest BCUT2D eigenvalue weighted by atomic mass is 32.2. The number of ether oxygens (including phenoxy) is 1. The number of aromatic nitrogens is 2. The average Bonchev–Trinajstić information content (AvgIpc) is 3.40. The summed E-state index contributed by atoms with van der Waals surface area (Å²) in [5.41, 5.74) is 1.37. The van der Waals surface area contributed by atoms with Crippen molar-refractivity contribution in [2.45, 2.75) is 18.4 Å². The van der Waals surface area contributed by atoms with E-state index in [0.29, 0.717) is 26.9 Å². The summed E-state index contributed by atoms with van der Waals surface area (Å²) in [6, 6.07) is 14.4. The lowest BCUT2D eigenvalue weighted by Gasteiger charge is -2.07. The van der Waals surface area contributed by atoms with Crippen LogP contribution < -0.4 is 9.46 Å². The van der Waals surface area contributed by atoms with Gasteiger partial charge in [-0.25, -0.2) is 17.5 Å². The molecule has 2 heterocycles. The lowest BCUT2D eigenvalue weighted by Crippen LogP contribution is -2.23. The zero-order valence-electron chi connectivity index (χ0n) is 16.6. The number of thiophene rings is 1. The van der Waals surface area contributed by atoms with Crippen LogP contribution in [-0.2, 0) is 16.6 Å². The van der Waals surface area contributed by atoms with Crippen LogP contribution in [0, 0.1) is 12.7 Å². The molecule has 4 aromatic rings. The van der Waals surface area contributed by atoms with E-state index < -0.39 is 10.0 Å². The Kier molecular flexibility index (Phi) is 5.86. The Bertz CT molecular complexity index is 1310. The highest BCUT2D eigenvalue weighted by Crippen LogP contribution is 2.33. The fourth-order valence-electron chi connectivity index (χ4n) is 2.92. The van der Waals surface area contributed by atoms with Crippen molar-refractivity contribution in [2.75, 3.05) is 7.11 Å². The summed E-state index contributed by atoms with van der Waals surface area (Å²) in [5.74, 6) is 0.778. The fraction of sp³-hybridized carbons (Fsp3) is 0.143. The molecule has 0 saturated carbocycles. The van der Waals surface area contributed by atoms with Crippen LogP contribution in [0.25, 0.3) is 22.2 Å². The number of sulfonamides is 1. The molecule has 31 heavy (non-hydrogen) atoms. The quantitative estimate of drug-likeness (QED) is 0.440. The van der Waals surface area contributed by atoms with Crippen LogP contribution in [0.5, 0.6) is 5.75 Å². The largest absolute Gasteiger partial charge is 0.497 e. The third-order valence-corrected chi connectivity index (χ3v) is 7.20. The van der Waals surface area contributed by atoms with Gasteiger partial charge < -0.3 is 9.26 Å². The second kappa shape index (κ2) is 8.58. The number of benzene rings is 2. The number of aryl methyl sites for hydroxylation is 1. The topological polar surface area (TPSA) is 94.3 Å². The van der Waals surface area contributed by atoms with Gasteiger partial charge in [0, 0.05) is 17.0 Å². The minimum absolute atomic E-state index is 0.124. The summed E-state index contributed by atoms with van der Waals surface area (Å²) in [5, 5.41) is 3.91. The van der Waals surface area contributed by atoms with E-state index in [1.807, 2.05) is 6.07 Å². The van der Waals surface area contributed by atoms with Crippen molar-refractivity contribution in [2.24, 2.45) is 0 Å². The normalized spacial score (nSPS) is 11.6. The molecule has 2 aromatic carbocycles. The Morgan fingerprint density at radius 3 is 2.68 bits per heavy atom. The van der Waals surface area contributed by atoms with Gasteiger partial charge in [-0.3, -0.25) is 0 Å². The number of rotatable bonds is 7. The first kappa shape index (κ1) is 21.2. The van der Waals surface area contributed by atoms with E-state index in [1.54, 1.807) is 44.4 Å². The third-order valence-electron chi connectivity index (χ3n) is 4.50. The summed E-state index contributed by atoms with van der Waals surface area (Å²) in [7, 11) is -2.20. The summed E-state index contributed by atoms with van der Waals surface area (Å²) in [4.78, 5) is 5.58. The zero-order chi connectivity index (χ0) is 22.0. The Labute approximate surface area is 182 Å². The molecule has 0 bridgehead atoms. The van der Waals surface area contributed by atoms with Crippen molar-refractivity contribution >= 4 is 21.4 Å². The minimum Gasteiger partial charge on any atom is -0.497 e. The van der Waals surface area contributed by atoms with E-state index in [1.165, 1.54) is 29.5 Å². The van der Waals surface area contributed by atoms with Gasteiger partial charge in [-0.15, -0.1) is 11.3 Å². The van der Waals surface area contributed by atoms with Gasteiger partial charge in [0.2, 0.25) is 15.8 Å². The van der Waals surface area contributed by atoms with Gasteiger partial charge in [0.05, 0.1) is 16.9 Å². The lowest BCUT2D eigenvalue weighted by atomic mass is 10.2. The molecule has 0 aliphatic rings. The number of nitrogens with one attached hydrogen (secondary N) is 1.